The van der Waals surface area contributed by atoms with E-state index in [1.165, 1.54) is 0 Å². The lowest BCUT2D eigenvalue weighted by atomic mass is 9.99. The van der Waals surface area contributed by atoms with E-state index in [1.54, 1.807) is 36.4 Å². The monoisotopic (exact) mass is 1070 g/mol. The van der Waals surface area contributed by atoms with Crippen LogP contribution >= 0.6 is 0 Å². The fourth-order valence-corrected chi connectivity index (χ4v) is 9.96. The average Bonchev–Trinajstić information content (AvgIpc) is 3.53. The summed E-state index contributed by atoms with van der Waals surface area (Å²) in [6, 6.07) is 35.3. The zero-order valence-corrected chi connectivity index (χ0v) is 47.6. The predicted molar refractivity (Wildman–Crippen MR) is 315 cm³/mol. The maximum absolute atomic E-state index is 12.3. The van der Waals surface area contributed by atoms with Crippen LogP contribution in [0, 0.1) is 55.4 Å². The van der Waals surface area contributed by atoms with Crippen molar-refractivity contribution in [2.24, 2.45) is 20.0 Å². The quantitative estimate of drug-likeness (QED) is 0.0427. The highest BCUT2D eigenvalue weighted by Crippen LogP contribution is 2.40. The third-order valence-electron chi connectivity index (χ3n) is 14.2. The largest absolute Gasteiger partial charge is 0.507 e. The Kier molecular flexibility index (Phi) is 19.4. The molecule has 14 heteroatoms. The molecule has 0 radical (unpaired) electrons. The smallest absolute Gasteiger partial charge is 0.159 e. The molecule has 14 nitrogen and oxygen atoms in total. The molecule has 0 aromatic heterocycles. The van der Waals surface area contributed by atoms with E-state index in [2.05, 4.69) is 140 Å². The number of amidine groups is 4. The van der Waals surface area contributed by atoms with Crippen LogP contribution in [0.4, 0.5) is 0 Å². The van der Waals surface area contributed by atoms with Gasteiger partial charge in [0.1, 0.15) is 60.1 Å². The number of ether oxygens (including phenoxy) is 4. The Labute approximate surface area is 466 Å². The SMILES string of the molecule is CCCCOCC(O)COc1ccc(C2=NC(c3ccc(C)cc3C)=NC(c3ccc(C)cc3C)N2CN2C(c3ccc(OCC(O)COCCCC)cc3O)=NC(c3ccc(C)cc3C)=NC2c2ccc(C)cc2C)c(O)c1. The molecule has 6 aromatic rings. The van der Waals surface area contributed by atoms with E-state index < -0.39 is 24.5 Å². The van der Waals surface area contributed by atoms with Crippen molar-refractivity contribution in [2.45, 2.75) is 119 Å². The van der Waals surface area contributed by atoms with E-state index >= 15 is 0 Å². The van der Waals surface area contributed by atoms with Gasteiger partial charge in [-0.25, -0.2) is 20.0 Å². The number of nitrogens with zero attached hydrogens (tertiary/aromatic N) is 6. The number of hydrogen-bond acceptors (Lipinski definition) is 14. The Morgan fingerprint density at radius 2 is 0.823 bits per heavy atom. The molecule has 0 fully saturated rings. The first-order valence-electron chi connectivity index (χ1n) is 27.6. The summed E-state index contributed by atoms with van der Waals surface area (Å²) in [7, 11) is 0. The molecule has 4 N–H and O–H groups in total. The zero-order chi connectivity index (χ0) is 56.3. The standard InChI is InChI=1S/C65H78N6O8/c1-11-13-27-76-35-48(72)37-78-50-19-25-56(58(74)33-50)64-68-60(52-21-15-40(3)29-44(52)7)66-62(54-23-17-42(5)31-46(54)9)70(64)39-71-63(55-24-18-43(6)32-47(55)10)67-61(53-22-16-41(4)30-45(53)8)69-65(71)57-26-20-51(34-59(57)75)79-38-49(73)36-77-28-14-12-2/h15-26,29-34,48-49,62-63,72-75H,11-14,27-28,35-39H2,1-10H3. The Balaban J connectivity index is 1.31. The second-order valence-electron chi connectivity index (χ2n) is 21.1. The van der Waals surface area contributed by atoms with E-state index in [0.29, 0.717) is 59.2 Å². The minimum atomic E-state index is -0.869. The number of benzene rings is 6. The summed E-state index contributed by atoms with van der Waals surface area (Å²) in [5.41, 5.74) is 12.7. The van der Waals surface area contributed by atoms with Crippen molar-refractivity contribution in [1.82, 2.24) is 9.80 Å². The summed E-state index contributed by atoms with van der Waals surface area (Å²) in [5.74, 6) is 2.31. The first kappa shape index (κ1) is 57.8. The Bertz CT molecular complexity index is 3030. The molecule has 2 aliphatic rings. The van der Waals surface area contributed by atoms with Crippen LogP contribution in [0.15, 0.2) is 129 Å². The van der Waals surface area contributed by atoms with Crippen LogP contribution in [0.1, 0.15) is 130 Å². The van der Waals surface area contributed by atoms with Gasteiger partial charge in [-0.15, -0.1) is 0 Å². The molecule has 0 saturated carbocycles. The first-order chi connectivity index (χ1) is 38.0. The maximum Gasteiger partial charge on any atom is 0.159 e. The summed E-state index contributed by atoms with van der Waals surface area (Å²) >= 11 is 0. The van der Waals surface area contributed by atoms with Gasteiger partial charge in [0.05, 0.1) is 31.0 Å². The van der Waals surface area contributed by atoms with Gasteiger partial charge in [0.25, 0.3) is 0 Å². The number of rotatable bonds is 24. The van der Waals surface area contributed by atoms with Gasteiger partial charge in [-0.05, 0) is 126 Å². The van der Waals surface area contributed by atoms with Gasteiger partial charge in [-0.1, -0.05) is 122 Å². The lowest BCUT2D eigenvalue weighted by Gasteiger charge is -2.43. The Morgan fingerprint density at radius 3 is 1.18 bits per heavy atom. The van der Waals surface area contributed by atoms with Crippen LogP contribution in [0.2, 0.25) is 0 Å². The molecule has 6 aromatic carbocycles. The molecule has 0 aliphatic carbocycles. The third kappa shape index (κ3) is 14.3. The van der Waals surface area contributed by atoms with E-state index in [4.69, 9.17) is 38.9 Å². The number of aromatic hydroxyl groups is 2. The van der Waals surface area contributed by atoms with Gasteiger partial charge in [-0.2, -0.15) is 0 Å². The molecule has 0 spiro atoms. The van der Waals surface area contributed by atoms with Crippen molar-refractivity contribution in [1.29, 1.82) is 0 Å². The number of aliphatic hydroxyl groups excluding tert-OH is 2. The molecular formula is C65H78N6O8. The van der Waals surface area contributed by atoms with Crippen LogP contribution in [0.5, 0.6) is 23.0 Å². The average molecular weight is 1070 g/mol. The van der Waals surface area contributed by atoms with E-state index in [-0.39, 0.29) is 44.6 Å². The molecule has 2 aliphatic heterocycles. The number of aryl methyl sites for hydroxylation is 8. The van der Waals surface area contributed by atoms with Crippen molar-refractivity contribution in [3.05, 3.63) is 187 Å². The van der Waals surface area contributed by atoms with Crippen molar-refractivity contribution in [3.63, 3.8) is 0 Å². The highest BCUT2D eigenvalue weighted by Gasteiger charge is 2.39. The summed E-state index contributed by atoms with van der Waals surface area (Å²) < 4.78 is 23.4. The van der Waals surface area contributed by atoms with E-state index in [9.17, 15) is 20.4 Å². The minimum Gasteiger partial charge on any atom is -0.507 e. The maximum atomic E-state index is 12.3. The van der Waals surface area contributed by atoms with Gasteiger partial charge in [-0.3, -0.25) is 0 Å². The Hall–Kier alpha value is -7.36. The number of phenols is 2. The van der Waals surface area contributed by atoms with E-state index in [1.807, 2.05) is 12.1 Å². The fourth-order valence-electron chi connectivity index (χ4n) is 9.96. The topological polar surface area (TPSA) is 174 Å². The molecule has 416 valence electrons. The molecule has 0 bridgehead atoms. The van der Waals surface area contributed by atoms with Crippen LogP contribution in [-0.4, -0.2) is 112 Å². The van der Waals surface area contributed by atoms with Crippen molar-refractivity contribution >= 4 is 23.3 Å². The summed E-state index contributed by atoms with van der Waals surface area (Å²) in [4.78, 5) is 26.1. The molecule has 0 saturated heterocycles. The van der Waals surface area contributed by atoms with Crippen LogP contribution in [0.3, 0.4) is 0 Å². The van der Waals surface area contributed by atoms with Crippen molar-refractivity contribution in [2.75, 3.05) is 46.3 Å². The molecule has 4 unspecified atom stereocenters. The molecule has 0 amide bonds. The van der Waals surface area contributed by atoms with Gasteiger partial charge in [0.2, 0.25) is 0 Å². The predicted octanol–water partition coefficient (Wildman–Crippen LogP) is 11.8. The van der Waals surface area contributed by atoms with Crippen molar-refractivity contribution < 1.29 is 39.4 Å². The van der Waals surface area contributed by atoms with Crippen LogP contribution in [-0.2, 0) is 9.47 Å². The number of hydrogen-bond donors (Lipinski definition) is 4. The number of aliphatic imine (C=N–C) groups is 4. The molecular weight excluding hydrogens is 993 g/mol. The molecule has 4 atom stereocenters. The summed E-state index contributed by atoms with van der Waals surface area (Å²) in [6.07, 6.45) is 0.587. The highest BCUT2D eigenvalue weighted by molar-refractivity contribution is 6.16. The number of aliphatic hydroxyl groups is 2. The second kappa shape index (κ2) is 26.5. The van der Waals surface area contributed by atoms with Gasteiger partial charge >= 0.3 is 0 Å². The lowest BCUT2D eigenvalue weighted by molar-refractivity contribution is 0.0113. The van der Waals surface area contributed by atoms with Gasteiger partial charge in [0.15, 0.2) is 24.0 Å². The molecule has 79 heavy (non-hydrogen) atoms. The zero-order valence-electron chi connectivity index (χ0n) is 47.6. The fraction of sp³-hybridized carbons (Fsp3) is 0.385. The summed E-state index contributed by atoms with van der Waals surface area (Å²) in [5, 5.41) is 46.1. The second-order valence-corrected chi connectivity index (χ2v) is 21.1. The Morgan fingerprint density at radius 1 is 0.456 bits per heavy atom. The normalized spacial score (nSPS) is 16.3. The minimum absolute atomic E-state index is 0.0325. The van der Waals surface area contributed by atoms with Gasteiger partial charge in [0, 0.05) is 36.5 Å². The van der Waals surface area contributed by atoms with E-state index in [0.717, 1.165) is 92.4 Å². The molecule has 2 heterocycles. The van der Waals surface area contributed by atoms with Crippen molar-refractivity contribution in [3.8, 4) is 23.0 Å². The summed E-state index contributed by atoms with van der Waals surface area (Å²) in [6.45, 7) is 22.0. The number of phenolic OH excluding ortho intramolecular Hbond substituents is 2. The molecule has 8 rings (SSSR count). The highest BCUT2D eigenvalue weighted by atomic mass is 16.5. The third-order valence-corrected chi connectivity index (χ3v) is 14.2. The number of unbranched alkanes of at least 4 members (excludes halogenated alkanes) is 2. The first-order valence-corrected chi connectivity index (χ1v) is 27.6. The van der Waals surface area contributed by atoms with Gasteiger partial charge < -0.3 is 49.2 Å². The van der Waals surface area contributed by atoms with Crippen LogP contribution in [0.25, 0.3) is 0 Å². The van der Waals surface area contributed by atoms with Crippen LogP contribution < -0.4 is 9.47 Å². The lowest BCUT2D eigenvalue weighted by Crippen LogP contribution is -2.50.